The van der Waals surface area contributed by atoms with E-state index in [9.17, 15) is 4.79 Å². The van der Waals surface area contributed by atoms with Crippen molar-refractivity contribution in [1.82, 2.24) is 15.2 Å². The van der Waals surface area contributed by atoms with Crippen molar-refractivity contribution in [1.29, 1.82) is 0 Å². The van der Waals surface area contributed by atoms with Crippen LogP contribution in [0.15, 0.2) is 53.9 Å². The van der Waals surface area contributed by atoms with E-state index in [1.807, 2.05) is 41.3 Å². The number of nitrogens with zero attached hydrogens (tertiary/aromatic N) is 3. The maximum Gasteiger partial charge on any atom is 0.253 e. The number of thiazole rings is 1. The van der Waals surface area contributed by atoms with Crippen molar-refractivity contribution in [2.24, 2.45) is 0 Å². The van der Waals surface area contributed by atoms with Crippen LogP contribution < -0.4 is 10.2 Å². The van der Waals surface area contributed by atoms with Gasteiger partial charge in [0.25, 0.3) is 5.91 Å². The first-order valence-corrected chi connectivity index (χ1v) is 12.5. The van der Waals surface area contributed by atoms with Gasteiger partial charge in [-0.25, -0.2) is 4.98 Å². The number of anilines is 1. The molecule has 2 aromatic carbocycles. The maximum atomic E-state index is 12.7. The number of halogens is 1. The lowest BCUT2D eigenvalue weighted by atomic mass is 10.1. The van der Waals surface area contributed by atoms with Gasteiger partial charge in [-0.05, 0) is 30.2 Å². The number of hydrogen-bond acceptors (Lipinski definition) is 5. The smallest absolute Gasteiger partial charge is 0.253 e. The number of hydrogen-bond donors (Lipinski definition) is 1. The summed E-state index contributed by atoms with van der Waals surface area (Å²) in [6.07, 6.45) is 2.22. The molecule has 0 saturated carbocycles. The Morgan fingerprint density at radius 3 is 2.62 bits per heavy atom. The number of amides is 1. The van der Waals surface area contributed by atoms with E-state index in [1.54, 1.807) is 11.3 Å². The predicted octanol–water partition coefficient (Wildman–Crippen LogP) is 5.32. The third-order valence-corrected chi connectivity index (χ3v) is 6.90. The van der Waals surface area contributed by atoms with Crippen LogP contribution in [-0.4, -0.2) is 48.5 Å². The van der Waals surface area contributed by atoms with Crippen molar-refractivity contribution in [3.63, 3.8) is 0 Å². The molecule has 0 bridgehead atoms. The van der Waals surface area contributed by atoms with Gasteiger partial charge in [0.15, 0.2) is 5.13 Å². The second kappa shape index (κ2) is 10.9. The molecule has 1 aliphatic heterocycles. The quantitative estimate of drug-likeness (QED) is 0.486. The monoisotopic (exact) mass is 468 g/mol. The normalized spacial score (nSPS) is 13.9. The zero-order chi connectivity index (χ0) is 22.3. The second-order valence-electron chi connectivity index (χ2n) is 8.01. The third-order valence-electron chi connectivity index (χ3n) is 5.67. The molecule has 32 heavy (non-hydrogen) atoms. The molecule has 0 aliphatic carbocycles. The molecule has 1 amide bonds. The first kappa shape index (κ1) is 22.8. The highest BCUT2D eigenvalue weighted by molar-refractivity contribution is 7.14. The van der Waals surface area contributed by atoms with Crippen molar-refractivity contribution < 1.29 is 4.79 Å². The van der Waals surface area contributed by atoms with Crippen LogP contribution in [0.1, 0.15) is 35.7 Å². The third kappa shape index (κ3) is 5.49. The fraction of sp³-hybridized carbons (Fsp3) is 0.360. The molecule has 0 unspecified atom stereocenters. The van der Waals surface area contributed by atoms with Gasteiger partial charge >= 0.3 is 0 Å². The predicted molar refractivity (Wildman–Crippen MR) is 134 cm³/mol. The van der Waals surface area contributed by atoms with E-state index in [2.05, 4.69) is 34.7 Å². The molecule has 1 aromatic heterocycles. The maximum absolute atomic E-state index is 12.7. The Bertz CT molecular complexity index is 1030. The number of aromatic nitrogens is 1. The molecule has 1 fully saturated rings. The molecule has 2 heterocycles. The average molecular weight is 469 g/mol. The van der Waals surface area contributed by atoms with E-state index >= 15 is 0 Å². The van der Waals surface area contributed by atoms with Gasteiger partial charge in [0, 0.05) is 60.8 Å². The summed E-state index contributed by atoms with van der Waals surface area (Å²) >= 11 is 8.02. The largest absolute Gasteiger partial charge is 0.344 e. The Hall–Kier alpha value is -2.41. The van der Waals surface area contributed by atoms with Gasteiger partial charge in [0.05, 0.1) is 5.69 Å². The molecule has 5 nitrogen and oxygen atoms in total. The summed E-state index contributed by atoms with van der Waals surface area (Å²) in [5, 5.41) is 7.07. The summed E-state index contributed by atoms with van der Waals surface area (Å²) in [6.45, 7) is 7.16. The number of rotatable bonds is 8. The number of benzene rings is 2. The minimum atomic E-state index is 0.116. The van der Waals surface area contributed by atoms with Gasteiger partial charge in [-0.15, -0.1) is 11.3 Å². The van der Waals surface area contributed by atoms with Crippen LogP contribution in [0.3, 0.4) is 0 Å². The Kier molecular flexibility index (Phi) is 7.79. The summed E-state index contributed by atoms with van der Waals surface area (Å²) in [5.74, 6) is 0.116. The Morgan fingerprint density at radius 1 is 1.16 bits per heavy atom. The van der Waals surface area contributed by atoms with Crippen LogP contribution in [0.2, 0.25) is 5.02 Å². The van der Waals surface area contributed by atoms with Crippen LogP contribution in [0.25, 0.3) is 11.3 Å². The van der Waals surface area contributed by atoms with Crippen LogP contribution in [0.4, 0.5) is 5.13 Å². The van der Waals surface area contributed by atoms with Gasteiger partial charge in [0.2, 0.25) is 0 Å². The van der Waals surface area contributed by atoms with Crippen molar-refractivity contribution in [3.8, 4) is 11.3 Å². The zero-order valence-electron chi connectivity index (χ0n) is 18.4. The molecule has 168 valence electrons. The Labute approximate surface area is 199 Å². The molecule has 1 aliphatic rings. The number of nitrogens with one attached hydrogen (secondary N) is 1. The average Bonchev–Trinajstić information content (AvgIpc) is 3.32. The molecular formula is C25H29ClN4OS. The highest BCUT2D eigenvalue weighted by Crippen LogP contribution is 2.32. The van der Waals surface area contributed by atoms with Gasteiger partial charge in [0.1, 0.15) is 0 Å². The number of carbonyl (C=O) groups excluding carboxylic acids is 1. The molecule has 1 saturated heterocycles. The SMILES string of the molecule is CCCCN(Cc1ccc(C(=O)N2CCNCC2)cc1)c1nc(-c2ccccc2Cl)cs1. The van der Waals surface area contributed by atoms with Crippen LogP contribution in [0.5, 0.6) is 0 Å². The van der Waals surface area contributed by atoms with Gasteiger partial charge < -0.3 is 15.1 Å². The molecular weight excluding hydrogens is 440 g/mol. The van der Waals surface area contributed by atoms with E-state index in [1.165, 1.54) is 5.56 Å². The van der Waals surface area contributed by atoms with Crippen molar-refractivity contribution >= 4 is 34.0 Å². The number of piperazine rings is 1. The van der Waals surface area contributed by atoms with Crippen LogP contribution in [0, 0.1) is 0 Å². The lowest BCUT2D eigenvalue weighted by Gasteiger charge is -2.27. The summed E-state index contributed by atoms with van der Waals surface area (Å²) in [7, 11) is 0. The lowest BCUT2D eigenvalue weighted by molar-refractivity contribution is 0.0736. The standard InChI is InChI=1S/C25H29ClN4OS/c1-2-3-14-30(25-28-23(18-32-25)21-6-4-5-7-22(21)26)17-19-8-10-20(11-9-19)24(31)29-15-12-27-13-16-29/h4-11,18,27H,2-3,12-17H2,1H3. The van der Waals surface area contributed by atoms with Crippen LogP contribution >= 0.6 is 22.9 Å². The second-order valence-corrected chi connectivity index (χ2v) is 9.25. The fourth-order valence-corrected chi connectivity index (χ4v) is 4.90. The molecule has 0 radical (unpaired) electrons. The minimum Gasteiger partial charge on any atom is -0.344 e. The molecule has 1 N–H and O–H groups in total. The minimum absolute atomic E-state index is 0.116. The Balaban J connectivity index is 1.48. The molecule has 7 heteroatoms. The summed E-state index contributed by atoms with van der Waals surface area (Å²) in [4.78, 5) is 21.9. The molecule has 3 aromatic rings. The van der Waals surface area contributed by atoms with E-state index in [4.69, 9.17) is 16.6 Å². The fourth-order valence-electron chi connectivity index (χ4n) is 3.82. The number of unbranched alkanes of at least 4 members (excludes halogenated alkanes) is 1. The van der Waals surface area contributed by atoms with E-state index in [0.29, 0.717) is 5.02 Å². The van der Waals surface area contributed by atoms with E-state index in [-0.39, 0.29) is 5.91 Å². The first-order valence-electron chi connectivity index (χ1n) is 11.2. The van der Waals surface area contributed by atoms with Crippen molar-refractivity contribution in [3.05, 3.63) is 70.1 Å². The molecule has 0 spiro atoms. The Morgan fingerprint density at radius 2 is 1.91 bits per heavy atom. The van der Waals surface area contributed by atoms with Crippen molar-refractivity contribution in [2.75, 3.05) is 37.6 Å². The van der Waals surface area contributed by atoms with Gasteiger partial charge in [-0.3, -0.25) is 4.79 Å². The summed E-state index contributed by atoms with van der Waals surface area (Å²) in [5.41, 5.74) is 3.80. The van der Waals surface area contributed by atoms with E-state index in [0.717, 1.165) is 74.1 Å². The van der Waals surface area contributed by atoms with Gasteiger partial charge in [-0.2, -0.15) is 0 Å². The summed E-state index contributed by atoms with van der Waals surface area (Å²) < 4.78 is 0. The zero-order valence-corrected chi connectivity index (χ0v) is 20.0. The van der Waals surface area contributed by atoms with Crippen molar-refractivity contribution in [2.45, 2.75) is 26.3 Å². The lowest BCUT2D eigenvalue weighted by Crippen LogP contribution is -2.46. The number of carbonyl (C=O) groups is 1. The molecule has 0 atom stereocenters. The van der Waals surface area contributed by atoms with Crippen LogP contribution in [-0.2, 0) is 6.54 Å². The molecule has 4 rings (SSSR count). The first-order chi connectivity index (χ1) is 15.7. The highest BCUT2D eigenvalue weighted by Gasteiger charge is 2.18. The van der Waals surface area contributed by atoms with E-state index < -0.39 is 0 Å². The van der Waals surface area contributed by atoms with Gasteiger partial charge in [-0.1, -0.05) is 55.3 Å². The summed E-state index contributed by atoms with van der Waals surface area (Å²) in [6, 6.07) is 15.9. The topological polar surface area (TPSA) is 48.5 Å². The highest BCUT2D eigenvalue weighted by atomic mass is 35.5.